The van der Waals surface area contributed by atoms with Gasteiger partial charge in [0.1, 0.15) is 5.58 Å². The lowest BCUT2D eigenvalue weighted by Crippen LogP contribution is -2.21. The van der Waals surface area contributed by atoms with Crippen molar-refractivity contribution in [2.24, 2.45) is 0 Å². The molecule has 0 unspecified atom stereocenters. The number of furan rings is 1. The van der Waals surface area contributed by atoms with E-state index in [2.05, 4.69) is 25.8 Å². The van der Waals surface area contributed by atoms with Crippen LogP contribution >= 0.6 is 0 Å². The molecule has 38 heavy (non-hydrogen) atoms. The van der Waals surface area contributed by atoms with E-state index in [1.165, 1.54) is 6.20 Å². The lowest BCUT2D eigenvalue weighted by Gasteiger charge is -2.29. The highest BCUT2D eigenvalue weighted by Gasteiger charge is 2.26. The van der Waals surface area contributed by atoms with Crippen LogP contribution in [-0.2, 0) is 5.41 Å². The molecule has 0 amide bonds. The molecular formula is C35H40N2O. The largest absolute Gasteiger partial charge is 0.437 e. The molecule has 196 valence electrons. The lowest BCUT2D eigenvalue weighted by atomic mass is 9.76. The second-order valence-electron chi connectivity index (χ2n) is 10.9. The summed E-state index contributed by atoms with van der Waals surface area (Å²) in [6.45, 7) is 11.4. The molecule has 5 rings (SSSR count). The molecule has 3 aromatic heterocycles. The van der Waals surface area contributed by atoms with E-state index >= 15 is 0 Å². The Morgan fingerprint density at radius 2 is 1.58 bits per heavy atom. The van der Waals surface area contributed by atoms with Crippen LogP contribution in [0.1, 0.15) is 102 Å². The number of benzene rings is 2. The van der Waals surface area contributed by atoms with Crippen LogP contribution in [0.5, 0.6) is 0 Å². The maximum absolute atomic E-state index is 8.83. The second-order valence-corrected chi connectivity index (χ2v) is 10.9. The summed E-state index contributed by atoms with van der Waals surface area (Å²) >= 11 is 0. The first kappa shape index (κ1) is 20.5. The predicted molar refractivity (Wildman–Crippen MR) is 161 cm³/mol. The van der Waals surface area contributed by atoms with Crippen molar-refractivity contribution in [3.63, 3.8) is 0 Å². The molecule has 3 heterocycles. The summed E-state index contributed by atoms with van der Waals surface area (Å²) in [7, 11) is 0. The van der Waals surface area contributed by atoms with E-state index < -0.39 is 18.6 Å². The van der Waals surface area contributed by atoms with Crippen molar-refractivity contribution in [1.82, 2.24) is 9.97 Å². The Morgan fingerprint density at radius 1 is 0.895 bits per heavy atom. The Balaban J connectivity index is 1.74. The summed E-state index contributed by atoms with van der Waals surface area (Å²) < 4.78 is 48.6. The van der Waals surface area contributed by atoms with Gasteiger partial charge in [0.25, 0.3) is 0 Å². The van der Waals surface area contributed by atoms with Crippen LogP contribution in [0.15, 0.2) is 65.2 Å². The van der Waals surface area contributed by atoms with Crippen molar-refractivity contribution in [2.45, 2.75) is 85.4 Å². The lowest BCUT2D eigenvalue weighted by molar-refractivity contribution is 0.436. The van der Waals surface area contributed by atoms with Crippen LogP contribution in [0, 0.1) is 6.85 Å². The highest BCUT2D eigenvalue weighted by molar-refractivity contribution is 6.08. The number of rotatable bonds is 7. The number of pyridine rings is 2. The molecule has 0 atom stereocenters. The van der Waals surface area contributed by atoms with E-state index in [1.54, 1.807) is 0 Å². The smallest absolute Gasteiger partial charge is 0.227 e. The Morgan fingerprint density at radius 3 is 2.21 bits per heavy atom. The van der Waals surface area contributed by atoms with Gasteiger partial charge in [-0.1, -0.05) is 78.8 Å². The van der Waals surface area contributed by atoms with Gasteiger partial charge in [-0.3, -0.25) is 4.98 Å². The van der Waals surface area contributed by atoms with E-state index in [4.69, 9.17) is 16.3 Å². The molecule has 0 saturated heterocycles. The Kier molecular flexibility index (Phi) is 5.40. The third-order valence-electron chi connectivity index (χ3n) is 8.15. The van der Waals surface area contributed by atoms with Gasteiger partial charge in [-0.15, -0.1) is 0 Å². The SMILES string of the molecule is [2H]C([2H])([2H])c1cnc(-c2cccc3c2oc2nc(-c4c(C([2H])(C)C)cccc4C([2H])(C)C)ccc23)cc1C(C)(CC)CC. The van der Waals surface area contributed by atoms with E-state index in [1.807, 2.05) is 82.3 Å². The molecule has 0 N–H and O–H groups in total. The summed E-state index contributed by atoms with van der Waals surface area (Å²) in [4.78, 5) is 9.61. The predicted octanol–water partition coefficient (Wildman–Crippen LogP) is 10.3. The Hall–Kier alpha value is -3.46. The quantitative estimate of drug-likeness (QED) is 0.219. The fourth-order valence-electron chi connectivity index (χ4n) is 5.41. The molecule has 3 nitrogen and oxygen atoms in total. The van der Waals surface area contributed by atoms with E-state index in [9.17, 15) is 0 Å². The number of para-hydroxylation sites is 1. The van der Waals surface area contributed by atoms with Crippen LogP contribution < -0.4 is 0 Å². The third kappa shape index (κ3) is 4.32. The van der Waals surface area contributed by atoms with E-state index in [0.29, 0.717) is 22.7 Å². The molecule has 0 saturated carbocycles. The van der Waals surface area contributed by atoms with Gasteiger partial charge in [0.15, 0.2) is 0 Å². The highest BCUT2D eigenvalue weighted by Crippen LogP contribution is 2.40. The number of nitrogens with zero attached hydrogens (tertiary/aromatic N) is 2. The molecule has 0 bridgehead atoms. The molecule has 3 heteroatoms. The first-order valence-electron chi connectivity index (χ1n) is 16.0. The van der Waals surface area contributed by atoms with Crippen molar-refractivity contribution in [2.75, 3.05) is 0 Å². The van der Waals surface area contributed by atoms with Gasteiger partial charge in [0, 0.05) is 34.9 Å². The van der Waals surface area contributed by atoms with Gasteiger partial charge in [-0.05, 0) is 83.4 Å². The summed E-state index contributed by atoms with van der Waals surface area (Å²) in [5.74, 6) is -1.80. The van der Waals surface area contributed by atoms with Crippen LogP contribution in [-0.4, -0.2) is 9.97 Å². The molecule has 0 aliphatic rings. The van der Waals surface area contributed by atoms with Crippen molar-refractivity contribution < 1.29 is 11.3 Å². The van der Waals surface area contributed by atoms with Crippen molar-refractivity contribution in [1.29, 1.82) is 0 Å². The molecule has 5 aromatic rings. The van der Waals surface area contributed by atoms with E-state index in [0.717, 1.165) is 51.4 Å². The minimum Gasteiger partial charge on any atom is -0.437 e. The second kappa shape index (κ2) is 10.0. The van der Waals surface area contributed by atoms with Gasteiger partial charge < -0.3 is 4.42 Å². The Bertz CT molecular complexity index is 1790. The molecule has 2 aromatic carbocycles. The summed E-state index contributed by atoms with van der Waals surface area (Å²) in [6.07, 6.45) is 3.10. The highest BCUT2D eigenvalue weighted by atomic mass is 16.3. The molecule has 0 fully saturated rings. The minimum absolute atomic E-state index is 0.287. The molecule has 0 aliphatic carbocycles. The first-order valence-corrected chi connectivity index (χ1v) is 13.5. The number of hydrogen-bond acceptors (Lipinski definition) is 3. The standard InChI is InChI=1S/C35H40N2O/c1-9-35(8,10-2)29-19-31(36-20-23(29)7)28-16-12-15-26-27-17-18-30(37-34(27)38-33(26)28)32-24(21(3)4)13-11-14-25(32)22(5)6/h11-22H,9-10H2,1-8H3/i7D3,21D,22D. The third-order valence-corrected chi connectivity index (χ3v) is 8.15. The summed E-state index contributed by atoms with van der Waals surface area (Å²) in [6, 6.07) is 17.5. The number of hydrogen-bond donors (Lipinski definition) is 0. The first-order chi connectivity index (χ1) is 20.0. The van der Waals surface area contributed by atoms with Crippen LogP contribution in [0.25, 0.3) is 44.6 Å². The summed E-state index contributed by atoms with van der Waals surface area (Å²) in [5, 5.41) is 1.74. The van der Waals surface area contributed by atoms with Crippen LogP contribution in [0.2, 0.25) is 0 Å². The van der Waals surface area contributed by atoms with Gasteiger partial charge >= 0.3 is 0 Å². The minimum atomic E-state index is -2.27. The van der Waals surface area contributed by atoms with Crippen LogP contribution in [0.3, 0.4) is 0 Å². The Labute approximate surface area is 234 Å². The van der Waals surface area contributed by atoms with Gasteiger partial charge in [-0.25, -0.2) is 4.98 Å². The van der Waals surface area contributed by atoms with E-state index in [-0.39, 0.29) is 11.0 Å². The zero-order chi connectivity index (χ0) is 31.5. The zero-order valence-corrected chi connectivity index (χ0v) is 23.5. The normalized spacial score (nSPS) is 15.2. The fourth-order valence-corrected chi connectivity index (χ4v) is 5.41. The average molecular weight is 510 g/mol. The molecule has 0 spiro atoms. The molecular weight excluding hydrogens is 464 g/mol. The number of fused-ring (bicyclic) bond motifs is 3. The maximum atomic E-state index is 8.83. The number of aromatic nitrogens is 2. The topological polar surface area (TPSA) is 38.9 Å². The maximum Gasteiger partial charge on any atom is 0.227 e. The number of aryl methyl sites for hydroxylation is 1. The molecule has 0 radical (unpaired) electrons. The van der Waals surface area contributed by atoms with Crippen molar-refractivity contribution >= 4 is 22.1 Å². The van der Waals surface area contributed by atoms with Gasteiger partial charge in [0.2, 0.25) is 5.71 Å². The average Bonchev–Trinajstić information content (AvgIpc) is 3.32. The van der Waals surface area contributed by atoms with Gasteiger partial charge in [0.05, 0.1) is 11.4 Å². The van der Waals surface area contributed by atoms with Gasteiger partial charge in [-0.2, -0.15) is 0 Å². The van der Waals surface area contributed by atoms with Crippen molar-refractivity contribution in [3.05, 3.63) is 83.0 Å². The fraction of sp³-hybridized carbons (Fsp3) is 0.371. The molecule has 0 aliphatic heterocycles. The van der Waals surface area contributed by atoms with Crippen LogP contribution in [0.4, 0.5) is 0 Å². The monoisotopic (exact) mass is 509 g/mol. The zero-order valence-electron chi connectivity index (χ0n) is 28.5. The summed E-state index contributed by atoms with van der Waals surface area (Å²) in [5.41, 5.74) is 6.31. The van der Waals surface area contributed by atoms with Crippen molar-refractivity contribution in [3.8, 4) is 22.5 Å².